The maximum Gasteiger partial charge on any atom is 0.249 e. The Bertz CT molecular complexity index is 804. The quantitative estimate of drug-likeness (QED) is 0.824. The van der Waals surface area contributed by atoms with Crippen molar-refractivity contribution in [1.82, 2.24) is 19.9 Å². The van der Waals surface area contributed by atoms with E-state index in [1.165, 1.54) is 0 Å². The molecule has 0 N–H and O–H groups in total. The van der Waals surface area contributed by atoms with Crippen molar-refractivity contribution >= 4 is 5.91 Å². The number of likely N-dealkylation sites (tertiary alicyclic amines) is 1. The van der Waals surface area contributed by atoms with Crippen molar-refractivity contribution in [2.45, 2.75) is 45.2 Å². The molecule has 144 valence electrons. The summed E-state index contributed by atoms with van der Waals surface area (Å²) in [5.41, 5.74) is 1.12. The summed E-state index contributed by atoms with van der Waals surface area (Å²) in [5.74, 6) is 2.50. The van der Waals surface area contributed by atoms with Crippen LogP contribution in [-0.4, -0.2) is 52.1 Å². The van der Waals surface area contributed by atoms with Crippen LogP contribution in [0.1, 0.15) is 55.9 Å². The van der Waals surface area contributed by atoms with Gasteiger partial charge in [-0.1, -0.05) is 37.2 Å². The number of amides is 1. The second-order valence-corrected chi connectivity index (χ2v) is 7.56. The lowest BCUT2D eigenvalue weighted by atomic mass is 10.2. The largest absolute Gasteiger partial charge is 0.492 e. The molecule has 1 fully saturated rings. The number of carbonyl (C=O) groups is 1. The van der Waals surface area contributed by atoms with Crippen molar-refractivity contribution in [1.29, 1.82) is 0 Å². The number of benzene rings is 1. The van der Waals surface area contributed by atoms with Crippen LogP contribution in [-0.2, 0) is 11.3 Å². The van der Waals surface area contributed by atoms with Gasteiger partial charge in [0.25, 0.3) is 0 Å². The highest BCUT2D eigenvalue weighted by molar-refractivity contribution is 5.79. The lowest BCUT2D eigenvalue weighted by Gasteiger charge is -2.26. The molecule has 27 heavy (non-hydrogen) atoms. The third kappa shape index (κ3) is 3.83. The standard InChI is InChI=1S/C20H26N4O3/c1-14(2)19-21-20(27-22-19)16-7-5-9-24(16)18(25)13-23-10-11-26-17-8-4-3-6-15(17)12-23/h3-4,6,8,14,16H,5,7,9-13H2,1-2H3/t16-/m1/s1. The Morgan fingerprint density at radius 2 is 2.15 bits per heavy atom. The maximum absolute atomic E-state index is 13.0. The summed E-state index contributed by atoms with van der Waals surface area (Å²) >= 11 is 0. The summed E-state index contributed by atoms with van der Waals surface area (Å²) in [6, 6.07) is 7.92. The molecule has 2 aliphatic rings. The van der Waals surface area contributed by atoms with Gasteiger partial charge in [0.1, 0.15) is 18.4 Å². The Morgan fingerprint density at radius 3 is 2.96 bits per heavy atom. The van der Waals surface area contributed by atoms with Gasteiger partial charge in [0, 0.05) is 31.1 Å². The molecule has 0 radical (unpaired) electrons. The van der Waals surface area contributed by atoms with E-state index >= 15 is 0 Å². The second kappa shape index (κ2) is 7.68. The summed E-state index contributed by atoms with van der Waals surface area (Å²) in [6.45, 7) is 7.23. The molecule has 0 spiro atoms. The normalized spacial score (nSPS) is 20.4. The number of carbonyl (C=O) groups excluding carboxylic acids is 1. The van der Waals surface area contributed by atoms with E-state index in [4.69, 9.17) is 9.26 Å². The molecule has 3 heterocycles. The molecule has 0 saturated carbocycles. The first kappa shape index (κ1) is 18.0. The molecule has 1 saturated heterocycles. The van der Waals surface area contributed by atoms with Gasteiger partial charge >= 0.3 is 0 Å². The van der Waals surface area contributed by atoms with E-state index in [1.807, 2.05) is 36.9 Å². The third-order valence-corrected chi connectivity index (χ3v) is 5.22. The molecule has 1 atom stereocenters. The minimum Gasteiger partial charge on any atom is -0.492 e. The van der Waals surface area contributed by atoms with Crippen molar-refractivity contribution in [2.24, 2.45) is 0 Å². The van der Waals surface area contributed by atoms with E-state index in [-0.39, 0.29) is 17.9 Å². The average molecular weight is 370 g/mol. The van der Waals surface area contributed by atoms with Crippen molar-refractivity contribution in [3.8, 4) is 5.75 Å². The van der Waals surface area contributed by atoms with Gasteiger partial charge in [-0.25, -0.2) is 0 Å². The Balaban J connectivity index is 1.44. The van der Waals surface area contributed by atoms with Crippen LogP contribution in [0.2, 0.25) is 0 Å². The Morgan fingerprint density at radius 1 is 1.30 bits per heavy atom. The van der Waals surface area contributed by atoms with Gasteiger partial charge in [-0.05, 0) is 18.9 Å². The number of ether oxygens (including phenoxy) is 1. The van der Waals surface area contributed by atoms with Crippen molar-refractivity contribution in [2.75, 3.05) is 26.2 Å². The summed E-state index contributed by atoms with van der Waals surface area (Å²) < 4.78 is 11.3. The van der Waals surface area contributed by atoms with E-state index < -0.39 is 0 Å². The van der Waals surface area contributed by atoms with E-state index in [0.717, 1.165) is 43.8 Å². The predicted molar refractivity (Wildman–Crippen MR) is 99.3 cm³/mol. The number of nitrogens with zero attached hydrogens (tertiary/aromatic N) is 4. The molecular formula is C20H26N4O3. The fourth-order valence-corrected chi connectivity index (χ4v) is 3.74. The van der Waals surface area contributed by atoms with Crippen molar-refractivity contribution < 1.29 is 14.1 Å². The zero-order chi connectivity index (χ0) is 18.8. The van der Waals surface area contributed by atoms with Crippen LogP contribution in [0.5, 0.6) is 5.75 Å². The summed E-state index contributed by atoms with van der Waals surface area (Å²) in [7, 11) is 0. The van der Waals surface area contributed by atoms with Crippen LogP contribution < -0.4 is 4.74 Å². The molecule has 1 aromatic heterocycles. The molecule has 2 aliphatic heterocycles. The first-order valence-corrected chi connectivity index (χ1v) is 9.68. The van der Waals surface area contributed by atoms with Crippen molar-refractivity contribution in [3.63, 3.8) is 0 Å². The van der Waals surface area contributed by atoms with E-state index in [1.54, 1.807) is 0 Å². The summed E-state index contributed by atoms with van der Waals surface area (Å²) in [4.78, 5) is 21.6. The molecule has 0 aliphatic carbocycles. The van der Waals surface area contributed by atoms with E-state index in [9.17, 15) is 4.79 Å². The van der Waals surface area contributed by atoms with Gasteiger partial charge in [0.2, 0.25) is 11.8 Å². The fraction of sp³-hybridized carbons (Fsp3) is 0.550. The minimum absolute atomic E-state index is 0.104. The third-order valence-electron chi connectivity index (χ3n) is 5.22. The van der Waals surface area contributed by atoms with Crippen LogP contribution in [0.15, 0.2) is 28.8 Å². The van der Waals surface area contributed by atoms with Gasteiger partial charge in [-0.15, -0.1) is 0 Å². The van der Waals surface area contributed by atoms with Gasteiger partial charge in [0.05, 0.1) is 6.54 Å². The molecule has 2 aromatic rings. The monoisotopic (exact) mass is 370 g/mol. The lowest BCUT2D eigenvalue weighted by molar-refractivity contribution is -0.134. The van der Waals surface area contributed by atoms with E-state index in [2.05, 4.69) is 21.1 Å². The number of hydrogen-bond acceptors (Lipinski definition) is 6. The molecule has 1 amide bonds. The topological polar surface area (TPSA) is 71.7 Å². The molecular weight excluding hydrogens is 344 g/mol. The fourth-order valence-electron chi connectivity index (χ4n) is 3.74. The Labute approximate surface area is 159 Å². The van der Waals surface area contributed by atoms with Crippen LogP contribution in [0.3, 0.4) is 0 Å². The van der Waals surface area contributed by atoms with Gasteiger partial charge < -0.3 is 14.2 Å². The molecule has 4 rings (SSSR count). The van der Waals surface area contributed by atoms with Gasteiger partial charge in [-0.2, -0.15) is 4.98 Å². The molecule has 1 aromatic carbocycles. The SMILES string of the molecule is CC(C)c1noc([C@H]2CCCN2C(=O)CN2CCOc3ccccc3C2)n1. The molecule has 7 nitrogen and oxygen atoms in total. The first-order valence-electron chi connectivity index (χ1n) is 9.68. The smallest absolute Gasteiger partial charge is 0.249 e. The molecule has 7 heteroatoms. The number of hydrogen-bond donors (Lipinski definition) is 0. The molecule has 0 unspecified atom stereocenters. The Kier molecular flexibility index (Phi) is 5.11. The maximum atomic E-state index is 13.0. The highest BCUT2D eigenvalue weighted by Crippen LogP contribution is 2.32. The van der Waals surface area contributed by atoms with Gasteiger partial charge in [-0.3, -0.25) is 9.69 Å². The zero-order valence-corrected chi connectivity index (χ0v) is 15.9. The first-order chi connectivity index (χ1) is 13.1. The Hall–Kier alpha value is -2.41. The van der Waals surface area contributed by atoms with Crippen LogP contribution in [0.4, 0.5) is 0 Å². The highest BCUT2D eigenvalue weighted by atomic mass is 16.5. The summed E-state index contributed by atoms with van der Waals surface area (Å²) in [6.07, 6.45) is 1.83. The minimum atomic E-state index is -0.104. The summed E-state index contributed by atoms with van der Waals surface area (Å²) in [5, 5.41) is 4.06. The van der Waals surface area contributed by atoms with E-state index in [0.29, 0.717) is 24.9 Å². The number of fused-ring (bicyclic) bond motifs is 1. The van der Waals surface area contributed by atoms with Crippen LogP contribution >= 0.6 is 0 Å². The zero-order valence-electron chi connectivity index (χ0n) is 15.9. The number of para-hydroxylation sites is 1. The second-order valence-electron chi connectivity index (χ2n) is 7.56. The predicted octanol–water partition coefficient (Wildman–Crippen LogP) is 2.75. The van der Waals surface area contributed by atoms with Gasteiger partial charge in [0.15, 0.2) is 5.82 Å². The average Bonchev–Trinajstić information content (AvgIpc) is 3.27. The number of rotatable bonds is 4. The molecule has 0 bridgehead atoms. The lowest BCUT2D eigenvalue weighted by Crippen LogP contribution is -2.40. The van der Waals surface area contributed by atoms with Crippen LogP contribution in [0.25, 0.3) is 0 Å². The van der Waals surface area contributed by atoms with Crippen LogP contribution in [0, 0.1) is 0 Å². The highest BCUT2D eigenvalue weighted by Gasteiger charge is 2.35. The number of aromatic nitrogens is 2. The van der Waals surface area contributed by atoms with Crippen molar-refractivity contribution in [3.05, 3.63) is 41.5 Å².